The molecule has 3 nitrogen and oxygen atoms in total. The van der Waals surface area contributed by atoms with Crippen molar-refractivity contribution in [2.24, 2.45) is 0 Å². The van der Waals surface area contributed by atoms with Crippen molar-refractivity contribution in [2.75, 3.05) is 4.90 Å². The van der Waals surface area contributed by atoms with E-state index in [0.717, 1.165) is 11.4 Å². The van der Waals surface area contributed by atoms with Crippen LogP contribution in [0.3, 0.4) is 0 Å². The standard InChI is InChI=1S/C98H90BN3S/c1-94(2,3)68-49-65(50-69(57-68)95(4,5)6)63-43-45-80-86(54-63)102(92-77(61-31-20-16-21-32-61)59-72(98(13,14)15)60-78(92)62-33-22-17-23-34-62)87-55-67(66-51-70(96(7,8)9)58-71(52-66)97(10,11)12)56-88-91(87)99(80)81-46-48-85-90(93(81)103-88)79-53-64(44-47-83(79)101(85)74-37-26-19-27-38-74)75-40-30-42-84-89(75)76-39-28-29-41-82(76)100(84)73-35-24-18-25-36-73/h16-60H,1-15H3. The second-order valence-corrected chi connectivity index (χ2v) is 35.3. The van der Waals surface area contributed by atoms with Gasteiger partial charge in [0.25, 0.3) is 0 Å². The predicted octanol–water partition coefficient (Wildman–Crippen LogP) is 25.5. The first-order chi connectivity index (χ1) is 49.2. The van der Waals surface area contributed by atoms with E-state index in [1.807, 2.05) is 11.8 Å². The highest BCUT2D eigenvalue weighted by Gasteiger charge is 2.44. The number of anilines is 3. The molecule has 0 bridgehead atoms. The molecule has 0 radical (unpaired) electrons. The summed E-state index contributed by atoms with van der Waals surface area (Å²) in [6, 6.07) is 105. The van der Waals surface area contributed by atoms with Gasteiger partial charge in [-0.3, -0.25) is 0 Å². The van der Waals surface area contributed by atoms with Crippen LogP contribution in [0.15, 0.2) is 283 Å². The summed E-state index contributed by atoms with van der Waals surface area (Å²) in [5.41, 5.74) is 32.6. The molecule has 15 aromatic rings. The van der Waals surface area contributed by atoms with Crippen molar-refractivity contribution in [1.82, 2.24) is 9.13 Å². The summed E-state index contributed by atoms with van der Waals surface area (Å²) in [4.78, 5) is 5.32. The summed E-state index contributed by atoms with van der Waals surface area (Å²) in [5, 5.41) is 5.00. The van der Waals surface area contributed by atoms with E-state index in [9.17, 15) is 0 Å². The molecule has 0 fully saturated rings. The molecule has 4 heterocycles. The van der Waals surface area contributed by atoms with Gasteiger partial charge in [-0.15, -0.1) is 0 Å². The molecule has 0 saturated carbocycles. The molecular formula is C98H90BN3S. The second-order valence-electron chi connectivity index (χ2n) is 34.2. The van der Waals surface area contributed by atoms with Crippen LogP contribution < -0.4 is 21.3 Å². The second kappa shape index (κ2) is 24.1. The molecule has 0 atom stereocenters. The zero-order chi connectivity index (χ0) is 71.4. The van der Waals surface area contributed by atoms with Gasteiger partial charge in [-0.1, -0.05) is 309 Å². The minimum Gasteiger partial charge on any atom is -0.310 e. The maximum atomic E-state index is 2.75. The Kier molecular flexibility index (Phi) is 15.5. The van der Waals surface area contributed by atoms with Crippen LogP contribution >= 0.6 is 11.8 Å². The topological polar surface area (TPSA) is 13.1 Å². The molecule has 0 spiro atoms. The van der Waals surface area contributed by atoms with Crippen LogP contribution in [-0.4, -0.2) is 15.8 Å². The highest BCUT2D eigenvalue weighted by atomic mass is 32.2. The quantitative estimate of drug-likeness (QED) is 0.141. The number of fused-ring (bicyclic) bond motifs is 11. The zero-order valence-electron chi connectivity index (χ0n) is 62.3. The summed E-state index contributed by atoms with van der Waals surface area (Å²) in [5.74, 6) is 0. The average Bonchev–Trinajstić information content (AvgIpc) is 1.65. The SMILES string of the molecule is CC(C)(C)c1cc(-c2ccc3c(c2)N(c2c(-c4ccccc4)cc(C(C)(C)C)cc2-c2ccccc2)c2cc(-c4cc(C(C)(C)C)cc(C(C)(C)C)c4)cc4c2B3c2ccc3c(c2S4)c2cc(-c4cccc5c4c4ccccc4n5-c4ccccc4)ccc2n3-c2ccccc2)cc(C(C)(C)C)c1. The van der Waals surface area contributed by atoms with Crippen molar-refractivity contribution in [3.05, 3.63) is 301 Å². The Morgan fingerprint density at radius 2 is 0.709 bits per heavy atom. The Balaban J connectivity index is 1.01. The Morgan fingerprint density at radius 1 is 0.282 bits per heavy atom. The fourth-order valence-corrected chi connectivity index (χ4v) is 17.7. The Morgan fingerprint density at radius 3 is 1.25 bits per heavy atom. The van der Waals surface area contributed by atoms with E-state index in [0.29, 0.717) is 0 Å². The van der Waals surface area contributed by atoms with Gasteiger partial charge in [0.2, 0.25) is 6.71 Å². The van der Waals surface area contributed by atoms with Gasteiger partial charge in [-0.05, 0) is 195 Å². The molecule has 0 saturated heterocycles. The zero-order valence-corrected chi connectivity index (χ0v) is 63.1. The molecule has 2 aliphatic rings. The van der Waals surface area contributed by atoms with E-state index in [2.05, 4.69) is 391 Å². The van der Waals surface area contributed by atoms with Gasteiger partial charge in [0.05, 0.1) is 27.8 Å². The number of hydrogen-bond donors (Lipinski definition) is 0. The minimum absolute atomic E-state index is 0.0849. The smallest absolute Gasteiger partial charge is 0.249 e. The van der Waals surface area contributed by atoms with Crippen molar-refractivity contribution in [3.8, 4) is 67.0 Å². The maximum Gasteiger partial charge on any atom is 0.249 e. The van der Waals surface area contributed by atoms with E-state index < -0.39 is 0 Å². The van der Waals surface area contributed by atoms with Gasteiger partial charge in [0.1, 0.15) is 0 Å². The number of hydrogen-bond acceptors (Lipinski definition) is 2. The molecule has 0 amide bonds. The largest absolute Gasteiger partial charge is 0.310 e. The highest BCUT2D eigenvalue weighted by molar-refractivity contribution is 8.00. The van der Waals surface area contributed by atoms with Gasteiger partial charge in [0, 0.05) is 65.2 Å². The van der Waals surface area contributed by atoms with E-state index in [-0.39, 0.29) is 33.8 Å². The molecular weight excluding hydrogens is 1260 g/mol. The van der Waals surface area contributed by atoms with Gasteiger partial charge >= 0.3 is 0 Å². The Bertz CT molecular complexity index is 5770. The summed E-state index contributed by atoms with van der Waals surface area (Å²) in [7, 11) is 0. The highest BCUT2D eigenvalue weighted by Crippen LogP contribution is 2.54. The van der Waals surface area contributed by atoms with Gasteiger partial charge in [-0.25, -0.2) is 0 Å². The first-order valence-corrected chi connectivity index (χ1v) is 37.7. The average molecular weight is 1350 g/mol. The van der Waals surface area contributed by atoms with Crippen LogP contribution in [0.5, 0.6) is 0 Å². The molecule has 5 heteroatoms. The summed E-state index contributed by atoms with van der Waals surface area (Å²) >= 11 is 1.98. The van der Waals surface area contributed by atoms with E-state index in [4.69, 9.17) is 0 Å². The Hall–Kier alpha value is -10.3. The molecule has 103 heavy (non-hydrogen) atoms. The lowest BCUT2D eigenvalue weighted by Crippen LogP contribution is -2.60. The third-order valence-electron chi connectivity index (χ3n) is 22.1. The van der Waals surface area contributed by atoms with Crippen molar-refractivity contribution in [3.63, 3.8) is 0 Å². The third-order valence-corrected chi connectivity index (χ3v) is 23.3. The molecule has 13 aromatic carbocycles. The van der Waals surface area contributed by atoms with E-state index in [1.54, 1.807) is 0 Å². The molecule has 2 aromatic heterocycles. The molecule has 0 unspecified atom stereocenters. The number of para-hydroxylation sites is 3. The number of benzene rings is 13. The fraction of sp³-hybridized carbons (Fsp3) is 0.204. The molecule has 0 N–H and O–H groups in total. The number of aromatic nitrogens is 2. The summed E-state index contributed by atoms with van der Waals surface area (Å²) in [6.07, 6.45) is 0. The van der Waals surface area contributed by atoms with Gasteiger partial charge < -0.3 is 14.0 Å². The van der Waals surface area contributed by atoms with E-state index in [1.165, 1.54) is 170 Å². The molecule has 0 aliphatic carbocycles. The maximum absolute atomic E-state index is 2.75. The first-order valence-electron chi connectivity index (χ1n) is 36.9. The van der Waals surface area contributed by atoms with Crippen LogP contribution in [0.2, 0.25) is 0 Å². The van der Waals surface area contributed by atoms with Crippen LogP contribution in [0.1, 0.15) is 132 Å². The Labute approximate surface area is 614 Å². The van der Waals surface area contributed by atoms with Crippen molar-refractivity contribution in [1.29, 1.82) is 0 Å². The van der Waals surface area contributed by atoms with Gasteiger partial charge in [-0.2, -0.15) is 0 Å². The molecule has 17 rings (SSSR count). The van der Waals surface area contributed by atoms with Crippen LogP contribution in [0.4, 0.5) is 17.1 Å². The summed E-state index contributed by atoms with van der Waals surface area (Å²) < 4.78 is 4.97. The van der Waals surface area contributed by atoms with Crippen molar-refractivity contribution in [2.45, 2.75) is 141 Å². The number of rotatable bonds is 8. The lowest BCUT2D eigenvalue weighted by atomic mass is 9.34. The monoisotopic (exact) mass is 1350 g/mol. The summed E-state index contributed by atoms with van der Waals surface area (Å²) in [6.45, 7) is 35.3. The van der Waals surface area contributed by atoms with Crippen LogP contribution in [-0.2, 0) is 27.1 Å². The third kappa shape index (κ3) is 11.3. The molecule has 2 aliphatic heterocycles. The lowest BCUT2D eigenvalue weighted by molar-refractivity contribution is 0.568. The van der Waals surface area contributed by atoms with Crippen molar-refractivity contribution >= 4 is 95.5 Å². The van der Waals surface area contributed by atoms with Gasteiger partial charge in [0.15, 0.2) is 0 Å². The normalized spacial score (nSPS) is 13.3. The van der Waals surface area contributed by atoms with E-state index >= 15 is 0 Å². The number of nitrogens with zero attached hydrogens (tertiary/aromatic N) is 3. The predicted molar refractivity (Wildman–Crippen MR) is 446 cm³/mol. The van der Waals surface area contributed by atoms with Crippen molar-refractivity contribution < 1.29 is 0 Å². The molecule has 506 valence electrons. The fourth-order valence-electron chi connectivity index (χ4n) is 16.3. The van der Waals surface area contributed by atoms with Crippen LogP contribution in [0, 0.1) is 0 Å². The first kappa shape index (κ1) is 65.9. The van der Waals surface area contributed by atoms with Crippen LogP contribution in [0.25, 0.3) is 111 Å². The lowest BCUT2D eigenvalue weighted by Gasteiger charge is -2.42. The minimum atomic E-state index is -0.166.